The molecule has 0 N–H and O–H groups in total. The molecule has 2 aromatic rings. The van der Waals surface area contributed by atoms with Gasteiger partial charge in [-0.2, -0.15) is 0 Å². The first kappa shape index (κ1) is 16.5. The maximum Gasteiger partial charge on any atom is 0.0411 e. The van der Waals surface area contributed by atoms with Crippen LogP contribution in [0.1, 0.15) is 35.4 Å². The predicted molar refractivity (Wildman–Crippen MR) is 99.4 cm³/mol. The Morgan fingerprint density at radius 1 is 0.913 bits per heavy atom. The van der Waals surface area contributed by atoms with Crippen LogP contribution in [0, 0.1) is 0 Å². The van der Waals surface area contributed by atoms with E-state index in [1.165, 1.54) is 23.1 Å². The lowest BCUT2D eigenvalue weighted by atomic mass is 10.0. The molecule has 23 heavy (non-hydrogen) atoms. The molecule has 1 saturated carbocycles. The molecule has 0 radical (unpaired) electrons. The molecule has 1 aliphatic carbocycles. The number of aryl methyl sites for hydroxylation is 1. The fourth-order valence-electron chi connectivity index (χ4n) is 3.07. The smallest absolute Gasteiger partial charge is 0.0411 e. The first-order chi connectivity index (χ1) is 11.2. The van der Waals surface area contributed by atoms with Crippen molar-refractivity contribution in [2.75, 3.05) is 20.1 Å². The van der Waals surface area contributed by atoms with Crippen LogP contribution >= 0.6 is 11.6 Å². The van der Waals surface area contributed by atoms with Gasteiger partial charge in [-0.25, -0.2) is 0 Å². The highest BCUT2D eigenvalue weighted by Gasteiger charge is 2.36. The van der Waals surface area contributed by atoms with Crippen molar-refractivity contribution in [1.29, 1.82) is 0 Å². The quantitative estimate of drug-likeness (QED) is 0.624. The summed E-state index contributed by atoms with van der Waals surface area (Å²) in [5, 5.41) is 0.374. The third-order valence-electron chi connectivity index (χ3n) is 4.75. The molecule has 0 bridgehead atoms. The Hall–Kier alpha value is -1.31. The van der Waals surface area contributed by atoms with Gasteiger partial charge in [0.1, 0.15) is 0 Å². The summed E-state index contributed by atoms with van der Waals surface area (Å²) in [5.41, 5.74) is 4.28. The van der Waals surface area contributed by atoms with Crippen molar-refractivity contribution in [2.45, 2.75) is 37.0 Å². The molecule has 0 amide bonds. The maximum atomic E-state index is 6.11. The lowest BCUT2D eigenvalue weighted by Gasteiger charge is -2.16. The second-order valence-corrected chi connectivity index (χ2v) is 7.30. The van der Waals surface area contributed by atoms with E-state index in [9.17, 15) is 0 Å². The lowest BCUT2D eigenvalue weighted by molar-refractivity contribution is 0.333. The zero-order valence-electron chi connectivity index (χ0n) is 13.9. The second kappa shape index (κ2) is 7.99. The van der Waals surface area contributed by atoms with Gasteiger partial charge in [-0.1, -0.05) is 54.6 Å². The Morgan fingerprint density at radius 2 is 1.57 bits per heavy atom. The molecule has 1 aliphatic rings. The highest BCUT2D eigenvalue weighted by molar-refractivity contribution is 6.23. The van der Waals surface area contributed by atoms with Crippen molar-refractivity contribution < 1.29 is 0 Å². The minimum Gasteiger partial charge on any atom is -0.306 e. The third-order valence-corrected chi connectivity index (χ3v) is 5.23. The molecular formula is C21H26ClN. The summed E-state index contributed by atoms with van der Waals surface area (Å²) in [4.78, 5) is 2.43. The van der Waals surface area contributed by atoms with E-state index in [1.54, 1.807) is 0 Å². The number of nitrogens with zero attached hydrogens (tertiary/aromatic N) is 1. The first-order valence-corrected chi connectivity index (χ1v) is 9.11. The van der Waals surface area contributed by atoms with Gasteiger partial charge in [-0.15, -0.1) is 11.6 Å². The van der Waals surface area contributed by atoms with Crippen molar-refractivity contribution in [3.63, 3.8) is 0 Å². The number of hydrogen-bond donors (Lipinski definition) is 0. The molecule has 2 unspecified atom stereocenters. The van der Waals surface area contributed by atoms with E-state index < -0.39 is 0 Å². The highest BCUT2D eigenvalue weighted by atomic mass is 35.5. The highest BCUT2D eigenvalue weighted by Crippen LogP contribution is 2.45. The molecule has 3 rings (SSSR count). The normalized spacial score (nSPS) is 20.0. The zero-order valence-corrected chi connectivity index (χ0v) is 14.7. The van der Waals surface area contributed by atoms with Crippen molar-refractivity contribution in [2.24, 2.45) is 0 Å². The zero-order chi connectivity index (χ0) is 16.1. The SMILES string of the molecule is CN(CCCc1ccc(C2CC2Cl)cc1)CCc1ccccc1. The molecule has 2 atom stereocenters. The van der Waals surface area contributed by atoms with Gasteiger partial charge < -0.3 is 4.90 Å². The van der Waals surface area contributed by atoms with Gasteiger partial charge in [0.25, 0.3) is 0 Å². The van der Waals surface area contributed by atoms with E-state index in [0.29, 0.717) is 11.3 Å². The van der Waals surface area contributed by atoms with Gasteiger partial charge in [-0.3, -0.25) is 0 Å². The van der Waals surface area contributed by atoms with Crippen LogP contribution in [-0.2, 0) is 12.8 Å². The van der Waals surface area contributed by atoms with Gasteiger partial charge in [0, 0.05) is 17.8 Å². The van der Waals surface area contributed by atoms with Crippen molar-refractivity contribution in [3.8, 4) is 0 Å². The van der Waals surface area contributed by atoms with Crippen LogP contribution in [0.5, 0.6) is 0 Å². The number of rotatable bonds is 8. The van der Waals surface area contributed by atoms with Crippen molar-refractivity contribution in [1.82, 2.24) is 4.90 Å². The van der Waals surface area contributed by atoms with Crippen LogP contribution in [0.2, 0.25) is 0 Å². The summed E-state index contributed by atoms with van der Waals surface area (Å²) < 4.78 is 0. The largest absolute Gasteiger partial charge is 0.306 e. The van der Waals surface area contributed by atoms with Gasteiger partial charge in [-0.05, 0) is 56.0 Å². The fraction of sp³-hybridized carbons (Fsp3) is 0.429. The van der Waals surface area contributed by atoms with Crippen molar-refractivity contribution in [3.05, 3.63) is 71.3 Å². The second-order valence-electron chi connectivity index (χ2n) is 6.74. The molecule has 0 heterocycles. The molecule has 2 heteroatoms. The van der Waals surface area contributed by atoms with E-state index >= 15 is 0 Å². The Bertz CT molecular complexity index is 593. The van der Waals surface area contributed by atoms with Crippen LogP contribution < -0.4 is 0 Å². The summed E-state index contributed by atoms with van der Waals surface area (Å²) in [6.45, 7) is 2.28. The van der Waals surface area contributed by atoms with E-state index in [1.807, 2.05) is 0 Å². The van der Waals surface area contributed by atoms with E-state index in [2.05, 4.69) is 66.5 Å². The van der Waals surface area contributed by atoms with Crippen molar-refractivity contribution >= 4 is 11.6 Å². The molecule has 0 aromatic heterocycles. The Labute approximate surface area is 145 Å². The molecule has 0 saturated heterocycles. The number of hydrogen-bond acceptors (Lipinski definition) is 1. The summed E-state index contributed by atoms with van der Waals surface area (Å²) in [6, 6.07) is 19.8. The third kappa shape index (κ3) is 5.09. The number of likely N-dealkylation sites (N-methyl/N-ethyl adjacent to an activating group) is 1. The van der Waals surface area contributed by atoms with Crippen LogP contribution in [0.4, 0.5) is 0 Å². The van der Waals surface area contributed by atoms with E-state index in [-0.39, 0.29) is 0 Å². The van der Waals surface area contributed by atoms with E-state index in [4.69, 9.17) is 11.6 Å². The Balaban J connectivity index is 1.35. The molecular weight excluding hydrogens is 302 g/mol. The predicted octanol–water partition coefficient (Wildman–Crippen LogP) is 4.89. The summed E-state index contributed by atoms with van der Waals surface area (Å²) >= 11 is 6.11. The molecule has 122 valence electrons. The average Bonchev–Trinajstić information content (AvgIpc) is 3.31. The minimum absolute atomic E-state index is 0.374. The van der Waals surface area contributed by atoms with Crippen LogP contribution in [0.25, 0.3) is 0 Å². The summed E-state index contributed by atoms with van der Waals surface area (Å²) in [7, 11) is 2.22. The van der Waals surface area contributed by atoms with Gasteiger partial charge in [0.05, 0.1) is 0 Å². The fourth-order valence-corrected chi connectivity index (χ4v) is 3.41. The number of alkyl halides is 1. The molecule has 1 fully saturated rings. The molecule has 0 aliphatic heterocycles. The topological polar surface area (TPSA) is 3.24 Å². The summed E-state index contributed by atoms with van der Waals surface area (Å²) in [5.74, 6) is 0.606. The Kier molecular flexibility index (Phi) is 5.75. The van der Waals surface area contributed by atoms with Gasteiger partial charge >= 0.3 is 0 Å². The lowest BCUT2D eigenvalue weighted by Crippen LogP contribution is -2.22. The average molecular weight is 328 g/mol. The number of benzene rings is 2. The van der Waals surface area contributed by atoms with Crippen LogP contribution in [-0.4, -0.2) is 30.4 Å². The van der Waals surface area contributed by atoms with Gasteiger partial charge in [0.2, 0.25) is 0 Å². The first-order valence-electron chi connectivity index (χ1n) is 8.68. The number of halogens is 1. The van der Waals surface area contributed by atoms with Crippen LogP contribution in [0.3, 0.4) is 0 Å². The maximum absolute atomic E-state index is 6.11. The van der Waals surface area contributed by atoms with E-state index in [0.717, 1.165) is 32.4 Å². The Morgan fingerprint density at radius 3 is 2.22 bits per heavy atom. The summed E-state index contributed by atoms with van der Waals surface area (Å²) in [6.07, 6.45) is 4.65. The molecule has 0 spiro atoms. The van der Waals surface area contributed by atoms with Crippen LogP contribution in [0.15, 0.2) is 54.6 Å². The molecule has 2 aromatic carbocycles. The standard InChI is InChI=1S/C21H26ClN/c1-23(15-13-17-6-3-2-4-7-17)14-5-8-18-9-11-19(12-10-18)20-16-21(20)22/h2-4,6-7,9-12,20-21H,5,8,13-16H2,1H3. The minimum atomic E-state index is 0.374. The monoisotopic (exact) mass is 327 g/mol. The molecule has 1 nitrogen and oxygen atoms in total. The van der Waals surface area contributed by atoms with Gasteiger partial charge in [0.15, 0.2) is 0 Å².